The van der Waals surface area contributed by atoms with Crippen LogP contribution in [0.5, 0.6) is 5.75 Å². The van der Waals surface area contributed by atoms with Crippen molar-refractivity contribution < 1.29 is 9.53 Å². The summed E-state index contributed by atoms with van der Waals surface area (Å²) in [5.41, 5.74) is 5.37. The molecule has 0 saturated heterocycles. The summed E-state index contributed by atoms with van der Waals surface area (Å²) < 4.78 is 5.84. The second-order valence-corrected chi connectivity index (χ2v) is 7.55. The van der Waals surface area contributed by atoms with Gasteiger partial charge in [-0.25, -0.2) is 5.84 Å². The molecule has 0 spiro atoms. The monoisotopic (exact) mass is 292 g/mol. The summed E-state index contributed by atoms with van der Waals surface area (Å²) in [4.78, 5) is 11.4. The van der Waals surface area contributed by atoms with Crippen molar-refractivity contribution in [3.05, 3.63) is 28.8 Å². The average Bonchev–Trinajstić information content (AvgIpc) is 2.33. The summed E-state index contributed by atoms with van der Waals surface area (Å²) in [6.07, 6.45) is 0. The second-order valence-electron chi connectivity index (χ2n) is 7.55. The predicted molar refractivity (Wildman–Crippen MR) is 86.4 cm³/mol. The first kappa shape index (κ1) is 17.5. The number of carbonyl (C=O) groups excluding carboxylic acids is 1. The average molecular weight is 292 g/mol. The zero-order chi connectivity index (χ0) is 16.4. The molecular weight excluding hydrogens is 264 g/mol. The van der Waals surface area contributed by atoms with Gasteiger partial charge in [-0.3, -0.25) is 10.2 Å². The summed E-state index contributed by atoms with van der Waals surface area (Å²) in [5, 5.41) is 0. The number of hydrogen-bond acceptors (Lipinski definition) is 3. The third kappa shape index (κ3) is 4.46. The molecule has 0 saturated carbocycles. The van der Waals surface area contributed by atoms with Gasteiger partial charge in [-0.15, -0.1) is 0 Å². The van der Waals surface area contributed by atoms with Crippen LogP contribution in [0.4, 0.5) is 0 Å². The van der Waals surface area contributed by atoms with Crippen molar-refractivity contribution in [1.82, 2.24) is 5.43 Å². The topological polar surface area (TPSA) is 64.3 Å². The van der Waals surface area contributed by atoms with Crippen LogP contribution in [-0.4, -0.2) is 12.5 Å². The zero-order valence-corrected chi connectivity index (χ0v) is 14.3. The molecule has 1 aromatic carbocycles. The Morgan fingerprint density at radius 1 is 1.10 bits per heavy atom. The summed E-state index contributed by atoms with van der Waals surface area (Å²) in [6.45, 7) is 14.9. The fourth-order valence-electron chi connectivity index (χ4n) is 2.22. The largest absolute Gasteiger partial charge is 0.483 e. The van der Waals surface area contributed by atoms with E-state index in [2.05, 4.69) is 66.0 Å². The lowest BCUT2D eigenvalue weighted by Gasteiger charge is -2.30. The van der Waals surface area contributed by atoms with E-state index in [-0.39, 0.29) is 23.3 Å². The number of nitrogens with two attached hydrogens (primary N) is 1. The Bertz CT molecular complexity index is 488. The van der Waals surface area contributed by atoms with E-state index in [9.17, 15) is 4.79 Å². The molecule has 0 radical (unpaired) electrons. The van der Waals surface area contributed by atoms with Crippen LogP contribution in [0.25, 0.3) is 0 Å². The van der Waals surface area contributed by atoms with Gasteiger partial charge in [-0.05, 0) is 17.8 Å². The standard InChI is InChI=1S/C17H28N2O2/c1-11-8-12(16(2,3)4)15(21-10-14(20)19-18)13(9-11)17(5,6)7/h8-9H,10,18H2,1-7H3,(H,19,20). The number of benzene rings is 1. The maximum atomic E-state index is 11.4. The van der Waals surface area contributed by atoms with Crippen LogP contribution in [0.2, 0.25) is 0 Å². The molecule has 3 N–H and O–H groups in total. The van der Waals surface area contributed by atoms with Gasteiger partial charge in [0.1, 0.15) is 5.75 Å². The van der Waals surface area contributed by atoms with Gasteiger partial charge in [0.25, 0.3) is 5.91 Å². The van der Waals surface area contributed by atoms with Gasteiger partial charge in [0, 0.05) is 11.1 Å². The molecule has 0 bridgehead atoms. The maximum absolute atomic E-state index is 11.4. The summed E-state index contributed by atoms with van der Waals surface area (Å²) >= 11 is 0. The lowest BCUT2D eigenvalue weighted by molar-refractivity contribution is -0.123. The van der Waals surface area contributed by atoms with Gasteiger partial charge < -0.3 is 4.74 Å². The van der Waals surface area contributed by atoms with Crippen molar-refractivity contribution in [2.45, 2.75) is 59.3 Å². The van der Waals surface area contributed by atoms with Crippen LogP contribution < -0.4 is 16.0 Å². The molecular formula is C17H28N2O2. The maximum Gasteiger partial charge on any atom is 0.271 e. The number of ether oxygens (including phenoxy) is 1. The van der Waals surface area contributed by atoms with Crippen molar-refractivity contribution in [3.8, 4) is 5.75 Å². The van der Waals surface area contributed by atoms with Gasteiger partial charge >= 0.3 is 0 Å². The molecule has 0 aliphatic rings. The van der Waals surface area contributed by atoms with Gasteiger partial charge in [-0.1, -0.05) is 59.2 Å². The van der Waals surface area contributed by atoms with Crippen molar-refractivity contribution in [1.29, 1.82) is 0 Å². The smallest absolute Gasteiger partial charge is 0.271 e. The number of hydrogen-bond donors (Lipinski definition) is 2. The Morgan fingerprint density at radius 2 is 1.52 bits per heavy atom. The highest BCUT2D eigenvalue weighted by Gasteiger charge is 2.27. The SMILES string of the molecule is Cc1cc(C(C)(C)C)c(OCC(=O)NN)c(C(C)(C)C)c1. The molecule has 4 heteroatoms. The quantitative estimate of drug-likeness (QED) is 0.511. The number of carbonyl (C=O) groups is 1. The van der Waals surface area contributed by atoms with Crippen molar-refractivity contribution >= 4 is 5.91 Å². The first-order chi connectivity index (χ1) is 9.46. The third-order valence-electron chi connectivity index (χ3n) is 3.36. The lowest BCUT2D eigenvalue weighted by Crippen LogP contribution is -2.35. The van der Waals surface area contributed by atoms with Gasteiger partial charge in [0.2, 0.25) is 0 Å². The number of nitrogens with one attached hydrogen (secondary N) is 1. The molecule has 0 atom stereocenters. The van der Waals surface area contributed by atoms with E-state index in [1.807, 2.05) is 0 Å². The molecule has 4 nitrogen and oxygen atoms in total. The second kappa shape index (κ2) is 6.06. The van der Waals surface area contributed by atoms with Gasteiger partial charge in [-0.2, -0.15) is 0 Å². The summed E-state index contributed by atoms with van der Waals surface area (Å²) in [6, 6.07) is 4.26. The third-order valence-corrected chi connectivity index (χ3v) is 3.36. The number of aryl methyl sites for hydroxylation is 1. The highest BCUT2D eigenvalue weighted by molar-refractivity contribution is 5.77. The minimum absolute atomic E-state index is 0.0689. The van der Waals surface area contributed by atoms with Crippen molar-refractivity contribution in [3.63, 3.8) is 0 Å². The van der Waals surface area contributed by atoms with Crippen LogP contribution >= 0.6 is 0 Å². The van der Waals surface area contributed by atoms with Crippen LogP contribution in [-0.2, 0) is 15.6 Å². The molecule has 118 valence electrons. The van der Waals surface area contributed by atoms with Crippen LogP contribution in [0.1, 0.15) is 58.2 Å². The van der Waals surface area contributed by atoms with E-state index in [0.29, 0.717) is 0 Å². The van der Waals surface area contributed by atoms with Gasteiger partial charge in [0.05, 0.1) is 0 Å². The van der Waals surface area contributed by atoms with Crippen LogP contribution in [0.15, 0.2) is 12.1 Å². The molecule has 0 aliphatic carbocycles. The van der Waals surface area contributed by atoms with E-state index in [1.165, 1.54) is 5.56 Å². The number of amides is 1. The molecule has 0 heterocycles. The molecule has 1 rings (SSSR count). The predicted octanol–water partition coefficient (Wildman–Crippen LogP) is 2.96. The highest BCUT2D eigenvalue weighted by Crippen LogP contribution is 2.40. The highest BCUT2D eigenvalue weighted by atomic mass is 16.5. The van der Waals surface area contributed by atoms with Gasteiger partial charge in [0.15, 0.2) is 6.61 Å². The summed E-state index contributed by atoms with van der Waals surface area (Å²) in [5.74, 6) is 5.59. The normalized spacial score (nSPS) is 12.2. The number of hydrazine groups is 1. The molecule has 0 unspecified atom stereocenters. The molecule has 0 fully saturated rings. The fourth-order valence-corrected chi connectivity index (χ4v) is 2.22. The number of rotatable bonds is 3. The van der Waals surface area contributed by atoms with Crippen LogP contribution in [0.3, 0.4) is 0 Å². The van der Waals surface area contributed by atoms with E-state index < -0.39 is 0 Å². The Balaban J connectivity index is 3.43. The first-order valence-electron chi connectivity index (χ1n) is 7.24. The molecule has 1 aromatic rings. The fraction of sp³-hybridized carbons (Fsp3) is 0.588. The van der Waals surface area contributed by atoms with E-state index in [0.717, 1.165) is 16.9 Å². The molecule has 21 heavy (non-hydrogen) atoms. The molecule has 0 aromatic heterocycles. The zero-order valence-electron chi connectivity index (χ0n) is 14.3. The Morgan fingerprint density at radius 3 is 1.86 bits per heavy atom. The van der Waals surface area contributed by atoms with E-state index in [1.54, 1.807) is 0 Å². The lowest BCUT2D eigenvalue weighted by atomic mass is 9.78. The minimum atomic E-state index is -0.338. The Hall–Kier alpha value is -1.55. The first-order valence-corrected chi connectivity index (χ1v) is 7.24. The van der Waals surface area contributed by atoms with Crippen molar-refractivity contribution in [2.75, 3.05) is 6.61 Å². The van der Waals surface area contributed by atoms with E-state index >= 15 is 0 Å². The minimum Gasteiger partial charge on any atom is -0.483 e. The van der Waals surface area contributed by atoms with Crippen LogP contribution in [0, 0.1) is 6.92 Å². The Kier molecular flexibility index (Phi) is 5.05. The molecule has 1 amide bonds. The van der Waals surface area contributed by atoms with Crippen molar-refractivity contribution in [2.24, 2.45) is 5.84 Å². The summed E-state index contributed by atoms with van der Waals surface area (Å²) in [7, 11) is 0. The van der Waals surface area contributed by atoms with E-state index in [4.69, 9.17) is 10.6 Å². The Labute approximate surface area is 128 Å². The molecule has 0 aliphatic heterocycles.